The largest absolute Gasteiger partial charge is 0.459 e. The molecule has 1 saturated heterocycles. The van der Waals surface area contributed by atoms with Crippen LogP contribution in [0.4, 0.5) is 0 Å². The zero-order valence-corrected chi connectivity index (χ0v) is 13.9. The molecule has 1 aliphatic rings. The van der Waals surface area contributed by atoms with E-state index in [1.54, 1.807) is 13.0 Å². The number of rotatable bonds is 4. The average Bonchev–Trinajstić information content (AvgIpc) is 2.90. The molecule has 0 amide bonds. The molecule has 1 fully saturated rings. The molecular weight excluding hydrogens is 362 g/mol. The van der Waals surface area contributed by atoms with E-state index in [4.69, 9.17) is 14.6 Å². The first-order chi connectivity index (χ1) is 9.79. The molecule has 6 nitrogen and oxygen atoms in total. The third-order valence-electron chi connectivity index (χ3n) is 3.19. The quantitative estimate of drug-likeness (QED) is 0.806. The Morgan fingerprint density at radius 3 is 2.81 bits per heavy atom. The summed E-state index contributed by atoms with van der Waals surface area (Å²) in [5.74, 6) is -0.592. The lowest BCUT2D eigenvalue weighted by atomic mass is 10.1. The van der Waals surface area contributed by atoms with E-state index in [-0.39, 0.29) is 23.2 Å². The highest BCUT2D eigenvalue weighted by Crippen LogP contribution is 2.27. The van der Waals surface area contributed by atoms with Gasteiger partial charge in [0.1, 0.15) is 6.61 Å². The fraction of sp³-hybridized carbons (Fsp3) is 0.462. The molecule has 0 aliphatic carbocycles. The summed E-state index contributed by atoms with van der Waals surface area (Å²) in [5, 5.41) is 5.14. The van der Waals surface area contributed by atoms with Crippen molar-refractivity contribution >= 4 is 31.9 Å². The van der Waals surface area contributed by atoms with Crippen molar-refractivity contribution in [3.63, 3.8) is 0 Å². The van der Waals surface area contributed by atoms with Crippen molar-refractivity contribution in [2.45, 2.75) is 30.8 Å². The molecule has 21 heavy (non-hydrogen) atoms. The van der Waals surface area contributed by atoms with Gasteiger partial charge in [-0.1, -0.05) is 0 Å². The van der Waals surface area contributed by atoms with Crippen LogP contribution < -0.4 is 5.14 Å². The zero-order chi connectivity index (χ0) is 15.6. The highest BCUT2D eigenvalue weighted by molar-refractivity contribution is 9.10. The van der Waals surface area contributed by atoms with Crippen LogP contribution in [0.15, 0.2) is 21.5 Å². The van der Waals surface area contributed by atoms with Crippen molar-refractivity contribution < 1.29 is 22.7 Å². The van der Waals surface area contributed by atoms with E-state index < -0.39 is 16.0 Å². The van der Waals surface area contributed by atoms with E-state index in [1.165, 1.54) is 6.07 Å². The predicted molar refractivity (Wildman–Crippen MR) is 79.5 cm³/mol. The number of ether oxygens (including phenoxy) is 2. The van der Waals surface area contributed by atoms with Crippen LogP contribution in [0.25, 0.3) is 0 Å². The second kappa shape index (κ2) is 6.43. The molecule has 2 rings (SSSR count). The van der Waals surface area contributed by atoms with Crippen molar-refractivity contribution in [2.24, 2.45) is 5.14 Å². The SMILES string of the molecule is Cc1cc(C(=O)OCC2CCCO2)cc(S(N)(=O)=O)c1Br. The van der Waals surface area contributed by atoms with Crippen molar-refractivity contribution in [3.8, 4) is 0 Å². The second-order valence-corrected chi connectivity index (χ2v) is 7.21. The van der Waals surface area contributed by atoms with E-state index in [9.17, 15) is 13.2 Å². The number of hydrogen-bond acceptors (Lipinski definition) is 5. The number of hydrogen-bond donors (Lipinski definition) is 1. The van der Waals surface area contributed by atoms with E-state index in [0.717, 1.165) is 12.8 Å². The van der Waals surface area contributed by atoms with Gasteiger partial charge in [0.2, 0.25) is 10.0 Å². The lowest BCUT2D eigenvalue weighted by Crippen LogP contribution is -2.19. The molecule has 1 unspecified atom stereocenters. The van der Waals surface area contributed by atoms with Crippen molar-refractivity contribution in [3.05, 3.63) is 27.7 Å². The highest BCUT2D eigenvalue weighted by Gasteiger charge is 2.21. The van der Waals surface area contributed by atoms with Crippen LogP contribution in [0.5, 0.6) is 0 Å². The Morgan fingerprint density at radius 2 is 2.24 bits per heavy atom. The maximum absolute atomic E-state index is 12.0. The monoisotopic (exact) mass is 377 g/mol. The molecule has 1 atom stereocenters. The number of nitrogens with two attached hydrogens (primary N) is 1. The van der Waals surface area contributed by atoms with Gasteiger partial charge in [-0.2, -0.15) is 0 Å². The van der Waals surface area contributed by atoms with Crippen molar-refractivity contribution in [2.75, 3.05) is 13.2 Å². The topological polar surface area (TPSA) is 95.7 Å². The minimum atomic E-state index is -3.92. The Hall–Kier alpha value is -0.960. The molecule has 0 saturated carbocycles. The molecule has 1 heterocycles. The van der Waals surface area contributed by atoms with E-state index in [0.29, 0.717) is 16.6 Å². The van der Waals surface area contributed by atoms with Gasteiger partial charge in [0, 0.05) is 11.1 Å². The summed E-state index contributed by atoms with van der Waals surface area (Å²) in [6, 6.07) is 2.76. The molecule has 0 radical (unpaired) electrons. The van der Waals surface area contributed by atoms with Crippen LogP contribution in [0.1, 0.15) is 28.8 Å². The van der Waals surface area contributed by atoms with E-state index in [1.807, 2.05) is 0 Å². The average molecular weight is 378 g/mol. The van der Waals surface area contributed by atoms with Crippen LogP contribution in [0.2, 0.25) is 0 Å². The number of esters is 1. The molecule has 2 N–H and O–H groups in total. The molecule has 0 spiro atoms. The summed E-state index contributed by atoms with van der Waals surface area (Å²) in [5.41, 5.74) is 0.739. The lowest BCUT2D eigenvalue weighted by Gasteiger charge is -2.12. The highest BCUT2D eigenvalue weighted by atomic mass is 79.9. The molecule has 116 valence electrons. The maximum atomic E-state index is 12.0. The Kier molecular flexibility index (Phi) is 5.03. The van der Waals surface area contributed by atoms with Crippen LogP contribution in [0.3, 0.4) is 0 Å². The number of carbonyl (C=O) groups excluding carboxylic acids is 1. The van der Waals surface area contributed by atoms with Crippen molar-refractivity contribution in [1.82, 2.24) is 0 Å². The van der Waals surface area contributed by atoms with Crippen LogP contribution >= 0.6 is 15.9 Å². The number of primary sulfonamides is 1. The number of aryl methyl sites for hydroxylation is 1. The van der Waals surface area contributed by atoms with Gasteiger partial charge in [-0.25, -0.2) is 18.4 Å². The molecular formula is C13H16BrNO5S. The first kappa shape index (κ1) is 16.4. The summed E-state index contributed by atoms with van der Waals surface area (Å²) in [6.45, 7) is 2.52. The Morgan fingerprint density at radius 1 is 1.52 bits per heavy atom. The smallest absolute Gasteiger partial charge is 0.338 e. The minimum Gasteiger partial charge on any atom is -0.459 e. The van der Waals surface area contributed by atoms with Crippen LogP contribution in [0, 0.1) is 6.92 Å². The minimum absolute atomic E-state index is 0.0804. The van der Waals surface area contributed by atoms with Gasteiger partial charge in [-0.15, -0.1) is 0 Å². The standard InChI is InChI=1S/C13H16BrNO5S/c1-8-5-9(6-11(12(8)14)21(15,17)18)13(16)20-7-10-3-2-4-19-10/h5-6,10H,2-4,7H2,1H3,(H2,15,17,18). The van der Waals surface area contributed by atoms with Crippen LogP contribution in [-0.4, -0.2) is 33.7 Å². The first-order valence-electron chi connectivity index (χ1n) is 6.40. The number of sulfonamides is 1. The predicted octanol–water partition coefficient (Wildman–Crippen LogP) is 1.74. The Balaban J connectivity index is 2.19. The molecule has 1 aromatic rings. The molecule has 0 aromatic heterocycles. The summed E-state index contributed by atoms with van der Waals surface area (Å²) >= 11 is 3.16. The summed E-state index contributed by atoms with van der Waals surface area (Å²) in [7, 11) is -3.92. The second-order valence-electron chi connectivity index (χ2n) is 4.88. The third-order valence-corrected chi connectivity index (χ3v) is 5.44. The summed E-state index contributed by atoms with van der Waals surface area (Å²) in [4.78, 5) is 11.9. The van der Waals surface area contributed by atoms with E-state index in [2.05, 4.69) is 15.9 Å². The van der Waals surface area contributed by atoms with Gasteiger partial charge in [-0.3, -0.25) is 0 Å². The first-order valence-corrected chi connectivity index (χ1v) is 8.74. The molecule has 0 bridgehead atoms. The molecule has 8 heteroatoms. The fourth-order valence-electron chi connectivity index (χ4n) is 2.09. The van der Waals surface area contributed by atoms with Gasteiger partial charge < -0.3 is 9.47 Å². The number of carbonyl (C=O) groups is 1. The summed E-state index contributed by atoms with van der Waals surface area (Å²) < 4.78 is 33.9. The number of benzene rings is 1. The van der Waals surface area contributed by atoms with Gasteiger partial charge >= 0.3 is 5.97 Å². The zero-order valence-electron chi connectivity index (χ0n) is 11.5. The maximum Gasteiger partial charge on any atom is 0.338 e. The molecule has 1 aromatic carbocycles. The van der Waals surface area contributed by atoms with Crippen molar-refractivity contribution in [1.29, 1.82) is 0 Å². The molecule has 1 aliphatic heterocycles. The van der Waals surface area contributed by atoms with Gasteiger partial charge in [0.05, 0.1) is 16.6 Å². The lowest BCUT2D eigenvalue weighted by molar-refractivity contribution is 0.0161. The van der Waals surface area contributed by atoms with E-state index >= 15 is 0 Å². The normalized spacial score (nSPS) is 18.7. The third kappa shape index (κ3) is 4.03. The fourth-order valence-corrected chi connectivity index (χ4v) is 3.70. The Labute approximate surface area is 131 Å². The van der Waals surface area contributed by atoms with Gasteiger partial charge in [-0.05, 0) is 53.4 Å². The Bertz CT molecular complexity index is 653. The van der Waals surface area contributed by atoms with Gasteiger partial charge in [0.15, 0.2) is 0 Å². The number of halogens is 1. The van der Waals surface area contributed by atoms with Gasteiger partial charge in [0.25, 0.3) is 0 Å². The van der Waals surface area contributed by atoms with Crippen LogP contribution in [-0.2, 0) is 19.5 Å². The summed E-state index contributed by atoms with van der Waals surface area (Å²) in [6.07, 6.45) is 1.73.